The number of nitriles is 1. The average molecular weight is 343 g/mol. The van der Waals surface area contributed by atoms with Gasteiger partial charge in [-0.05, 0) is 46.2 Å². The molecule has 0 saturated carbocycles. The van der Waals surface area contributed by atoms with Gasteiger partial charge in [0.15, 0.2) is 0 Å². The molecule has 0 fully saturated rings. The Morgan fingerprint density at radius 3 is 2.58 bits per heavy atom. The minimum Gasteiger partial charge on any atom is -0.322 e. The molecule has 0 spiro atoms. The van der Waals surface area contributed by atoms with Gasteiger partial charge >= 0.3 is 0 Å². The van der Waals surface area contributed by atoms with E-state index < -0.39 is 0 Å². The molecule has 6 nitrogen and oxygen atoms in total. The quantitative estimate of drug-likeness (QED) is 0.863. The van der Waals surface area contributed by atoms with E-state index in [0.29, 0.717) is 10.6 Å². The van der Waals surface area contributed by atoms with Crippen LogP contribution in [0.15, 0.2) is 11.1 Å². The van der Waals surface area contributed by atoms with E-state index in [9.17, 15) is 10.1 Å². The van der Waals surface area contributed by atoms with Crippen LogP contribution in [-0.4, -0.2) is 25.9 Å². The van der Waals surface area contributed by atoms with Crippen molar-refractivity contribution in [2.75, 3.05) is 5.32 Å². The Hall–Kier alpha value is -2.33. The first-order valence-electron chi connectivity index (χ1n) is 7.60. The lowest BCUT2D eigenvalue weighted by Gasteiger charge is -2.14. The maximum atomic E-state index is 12.5. The fourth-order valence-electron chi connectivity index (χ4n) is 2.42. The molecular weight excluding hydrogens is 322 g/mol. The molecule has 2 aromatic rings. The van der Waals surface area contributed by atoms with Crippen molar-refractivity contribution in [2.45, 2.75) is 44.9 Å². The number of carbonyl (C=O) groups excluding carboxylic acids is 1. The Kier molecular flexibility index (Phi) is 5.30. The monoisotopic (exact) mass is 343 g/mol. The van der Waals surface area contributed by atoms with Crippen molar-refractivity contribution in [3.05, 3.63) is 34.3 Å². The summed E-state index contributed by atoms with van der Waals surface area (Å²) in [5.41, 5.74) is 4.66. The zero-order chi connectivity index (χ0) is 18.0. The molecule has 0 unspecified atom stereocenters. The van der Waals surface area contributed by atoms with Crippen LogP contribution in [0, 0.1) is 39.0 Å². The Morgan fingerprint density at radius 1 is 1.38 bits per heavy atom. The third kappa shape index (κ3) is 3.60. The smallest absolute Gasteiger partial charge is 0.237 e. The number of hydrogen-bond acceptors (Lipinski definition) is 5. The minimum atomic E-state index is -0.384. The summed E-state index contributed by atoms with van der Waals surface area (Å²) in [6, 6.07) is 4.05. The molecule has 7 heteroatoms. The number of nitrogens with zero attached hydrogens (tertiary/aromatic N) is 4. The number of carbonyl (C=O) groups is 1. The maximum Gasteiger partial charge on any atom is 0.237 e. The molecule has 0 aromatic carbocycles. The van der Waals surface area contributed by atoms with Crippen LogP contribution in [0.5, 0.6) is 0 Å². The highest BCUT2D eigenvalue weighted by Gasteiger charge is 2.21. The van der Waals surface area contributed by atoms with Gasteiger partial charge < -0.3 is 5.32 Å². The highest BCUT2D eigenvalue weighted by molar-refractivity contribution is 8.00. The number of rotatable bonds is 4. The van der Waals surface area contributed by atoms with Crippen LogP contribution >= 0.6 is 11.8 Å². The summed E-state index contributed by atoms with van der Waals surface area (Å²) in [5.74, 6) is -0.135. The third-order valence-corrected chi connectivity index (χ3v) is 4.92. The van der Waals surface area contributed by atoms with Crippen LogP contribution < -0.4 is 5.32 Å². The van der Waals surface area contributed by atoms with Gasteiger partial charge in [-0.2, -0.15) is 10.4 Å². The summed E-state index contributed by atoms with van der Waals surface area (Å²) in [4.78, 5) is 16.9. The first-order chi connectivity index (χ1) is 11.2. The SMILES string of the molecule is Cc1cc(C)c(C#N)c(S[C@@H](C)C(=O)Nc2c(C)nn(C)c2C)n1. The van der Waals surface area contributed by atoms with Crippen molar-refractivity contribution < 1.29 is 4.79 Å². The lowest BCUT2D eigenvalue weighted by atomic mass is 10.1. The van der Waals surface area contributed by atoms with Crippen molar-refractivity contribution in [3.8, 4) is 6.07 Å². The lowest BCUT2D eigenvalue weighted by molar-refractivity contribution is -0.115. The van der Waals surface area contributed by atoms with Crippen LogP contribution in [-0.2, 0) is 11.8 Å². The topological polar surface area (TPSA) is 83.6 Å². The van der Waals surface area contributed by atoms with Crippen molar-refractivity contribution in [3.63, 3.8) is 0 Å². The average Bonchev–Trinajstić information content (AvgIpc) is 2.73. The second-order valence-corrected chi connectivity index (χ2v) is 7.12. The van der Waals surface area contributed by atoms with Gasteiger partial charge in [-0.1, -0.05) is 11.8 Å². The Bertz CT molecular complexity index is 834. The minimum absolute atomic E-state index is 0.135. The zero-order valence-corrected chi connectivity index (χ0v) is 15.6. The second kappa shape index (κ2) is 7.05. The van der Waals surface area contributed by atoms with Crippen molar-refractivity contribution in [1.82, 2.24) is 14.8 Å². The first-order valence-corrected chi connectivity index (χ1v) is 8.48. The van der Waals surface area contributed by atoms with E-state index in [0.717, 1.165) is 28.3 Å². The first kappa shape index (κ1) is 18.0. The lowest BCUT2D eigenvalue weighted by Crippen LogP contribution is -2.23. The second-order valence-electron chi connectivity index (χ2n) is 5.79. The van der Waals surface area contributed by atoms with Crippen LogP contribution in [0.1, 0.15) is 35.1 Å². The number of pyridine rings is 1. The van der Waals surface area contributed by atoms with Crippen LogP contribution in [0.4, 0.5) is 5.69 Å². The number of nitrogens with one attached hydrogen (secondary N) is 1. The van der Waals surface area contributed by atoms with E-state index in [1.165, 1.54) is 11.8 Å². The van der Waals surface area contributed by atoms with E-state index in [2.05, 4.69) is 21.5 Å². The van der Waals surface area contributed by atoms with E-state index in [4.69, 9.17) is 0 Å². The van der Waals surface area contributed by atoms with E-state index in [-0.39, 0.29) is 11.2 Å². The molecule has 1 amide bonds. The van der Waals surface area contributed by atoms with Gasteiger partial charge in [0, 0.05) is 12.7 Å². The molecule has 126 valence electrons. The van der Waals surface area contributed by atoms with E-state index in [1.807, 2.05) is 47.7 Å². The number of thioether (sulfide) groups is 1. The normalized spacial score (nSPS) is 11.9. The Morgan fingerprint density at radius 2 is 2.04 bits per heavy atom. The molecule has 0 radical (unpaired) electrons. The summed E-state index contributed by atoms with van der Waals surface area (Å²) in [7, 11) is 1.84. The zero-order valence-electron chi connectivity index (χ0n) is 14.8. The molecule has 0 saturated heterocycles. The molecule has 0 aliphatic rings. The molecule has 0 aliphatic heterocycles. The maximum absolute atomic E-state index is 12.5. The van der Waals surface area contributed by atoms with Gasteiger partial charge in [0.25, 0.3) is 0 Å². The van der Waals surface area contributed by atoms with Gasteiger partial charge in [0.1, 0.15) is 11.1 Å². The Balaban J connectivity index is 2.20. The molecule has 1 atom stereocenters. The third-order valence-electron chi connectivity index (χ3n) is 3.84. The molecule has 2 heterocycles. The fourth-order valence-corrected chi connectivity index (χ4v) is 3.45. The van der Waals surface area contributed by atoms with Crippen LogP contribution in [0.3, 0.4) is 0 Å². The highest BCUT2D eigenvalue weighted by Crippen LogP contribution is 2.28. The molecule has 0 aliphatic carbocycles. The molecule has 2 rings (SSSR count). The predicted octanol–water partition coefficient (Wildman–Crippen LogP) is 3.04. The molecule has 0 bridgehead atoms. The predicted molar refractivity (Wildman–Crippen MR) is 95.1 cm³/mol. The number of hydrogen-bond donors (Lipinski definition) is 1. The summed E-state index contributed by atoms with van der Waals surface area (Å²) < 4.78 is 1.74. The molecule has 1 N–H and O–H groups in total. The van der Waals surface area contributed by atoms with Crippen molar-refractivity contribution in [2.24, 2.45) is 7.05 Å². The summed E-state index contributed by atoms with van der Waals surface area (Å²) in [5, 5.41) is 16.8. The molecular formula is C17H21N5OS. The van der Waals surface area contributed by atoms with Crippen molar-refractivity contribution in [1.29, 1.82) is 5.26 Å². The largest absolute Gasteiger partial charge is 0.322 e. The van der Waals surface area contributed by atoms with Crippen LogP contribution in [0.2, 0.25) is 0 Å². The van der Waals surface area contributed by atoms with Crippen molar-refractivity contribution >= 4 is 23.4 Å². The Labute approximate surface area is 146 Å². The molecule has 2 aromatic heterocycles. The standard InChI is InChI=1S/C17H21N5OS/c1-9-7-10(2)19-17(14(9)8-18)24-13(5)16(23)20-15-11(3)21-22(6)12(15)4/h7,13H,1-6H3,(H,20,23)/t13-/m0/s1. The summed E-state index contributed by atoms with van der Waals surface area (Å²) in [6.07, 6.45) is 0. The number of anilines is 1. The van der Waals surface area contributed by atoms with E-state index >= 15 is 0 Å². The summed E-state index contributed by atoms with van der Waals surface area (Å²) in [6.45, 7) is 9.34. The highest BCUT2D eigenvalue weighted by atomic mass is 32.2. The van der Waals surface area contributed by atoms with E-state index in [1.54, 1.807) is 4.68 Å². The number of aromatic nitrogens is 3. The number of aryl methyl sites for hydroxylation is 4. The number of amides is 1. The van der Waals surface area contributed by atoms with Gasteiger partial charge in [0.2, 0.25) is 5.91 Å². The van der Waals surface area contributed by atoms with Crippen LogP contribution in [0.25, 0.3) is 0 Å². The van der Waals surface area contributed by atoms with Gasteiger partial charge in [0.05, 0.1) is 27.9 Å². The molecule has 24 heavy (non-hydrogen) atoms. The van der Waals surface area contributed by atoms with Gasteiger partial charge in [-0.3, -0.25) is 9.48 Å². The van der Waals surface area contributed by atoms with Gasteiger partial charge in [-0.25, -0.2) is 4.98 Å². The fraction of sp³-hybridized carbons (Fsp3) is 0.412. The van der Waals surface area contributed by atoms with Gasteiger partial charge in [-0.15, -0.1) is 0 Å². The summed E-state index contributed by atoms with van der Waals surface area (Å²) >= 11 is 1.30.